The third kappa shape index (κ3) is 5.24. The molecular formula is C5H8ClNO. The van der Waals surface area contributed by atoms with Gasteiger partial charge in [-0.05, 0) is 12.3 Å². The van der Waals surface area contributed by atoms with E-state index < -0.39 is 0 Å². The van der Waals surface area contributed by atoms with Gasteiger partial charge in [0.05, 0.1) is 0 Å². The summed E-state index contributed by atoms with van der Waals surface area (Å²) in [5.74, 6) is -0.227. The van der Waals surface area contributed by atoms with Gasteiger partial charge < -0.3 is 5.32 Å². The lowest BCUT2D eigenvalue weighted by atomic mass is 10.6. The van der Waals surface area contributed by atoms with Gasteiger partial charge in [0, 0.05) is 0 Å². The Morgan fingerprint density at radius 1 is 1.50 bits per heavy atom. The van der Waals surface area contributed by atoms with Gasteiger partial charge in [0.15, 0.2) is 0 Å². The molecule has 0 radical (unpaired) electrons. The maximum absolute atomic E-state index is 10.1. The van der Waals surface area contributed by atoms with Crippen molar-refractivity contribution < 1.29 is 4.79 Å². The van der Waals surface area contributed by atoms with Crippen molar-refractivity contribution >= 4 is 18.3 Å². The molecule has 0 aliphatic rings. The molecule has 0 heterocycles. The summed E-state index contributed by atoms with van der Waals surface area (Å²) < 4.78 is 0. The van der Waals surface area contributed by atoms with Gasteiger partial charge in [0.1, 0.15) is 0 Å². The van der Waals surface area contributed by atoms with Gasteiger partial charge in [0.2, 0.25) is 5.91 Å². The topological polar surface area (TPSA) is 29.1 Å². The van der Waals surface area contributed by atoms with Crippen LogP contribution in [0.4, 0.5) is 0 Å². The molecule has 0 bridgehead atoms. The number of hydrogen-bond donors (Lipinski definition) is 1. The van der Waals surface area contributed by atoms with Gasteiger partial charge in [-0.1, -0.05) is 13.2 Å². The quantitative estimate of drug-likeness (QED) is 0.556. The molecule has 1 N–H and O–H groups in total. The minimum atomic E-state index is -0.227. The van der Waals surface area contributed by atoms with E-state index >= 15 is 0 Å². The first-order chi connectivity index (χ1) is 3.31. The second-order valence-corrected chi connectivity index (χ2v) is 0.917. The molecule has 0 unspecified atom stereocenters. The summed E-state index contributed by atoms with van der Waals surface area (Å²) in [6.45, 7) is 6.49. The highest BCUT2D eigenvalue weighted by atomic mass is 35.5. The monoisotopic (exact) mass is 133 g/mol. The highest BCUT2D eigenvalue weighted by Crippen LogP contribution is 1.61. The Bertz CT molecular complexity index is 101. The van der Waals surface area contributed by atoms with Crippen LogP contribution >= 0.6 is 12.4 Å². The first-order valence-electron chi connectivity index (χ1n) is 1.85. The Balaban J connectivity index is 0. The lowest BCUT2D eigenvalue weighted by molar-refractivity contribution is -0.115. The predicted octanol–water partition coefficient (Wildman–Crippen LogP) is 0.854. The van der Waals surface area contributed by atoms with E-state index in [1.54, 1.807) is 0 Å². The molecule has 0 rings (SSSR count). The fourth-order valence-electron chi connectivity index (χ4n) is 0.160. The number of carbonyl (C=O) groups is 1. The Morgan fingerprint density at radius 3 is 2.12 bits per heavy atom. The SMILES string of the molecule is C=CNC(=O)C=C.Cl. The van der Waals surface area contributed by atoms with E-state index in [2.05, 4.69) is 18.5 Å². The molecule has 0 aliphatic carbocycles. The molecule has 3 heteroatoms. The molecule has 46 valence electrons. The molecular weight excluding hydrogens is 126 g/mol. The second-order valence-electron chi connectivity index (χ2n) is 0.917. The van der Waals surface area contributed by atoms with E-state index in [1.807, 2.05) is 0 Å². The number of hydrogen-bond acceptors (Lipinski definition) is 1. The van der Waals surface area contributed by atoms with E-state index in [4.69, 9.17) is 0 Å². The molecule has 0 fully saturated rings. The Labute approximate surface area is 54.7 Å². The van der Waals surface area contributed by atoms with Gasteiger partial charge in [-0.3, -0.25) is 4.79 Å². The fraction of sp³-hybridized carbons (Fsp3) is 0. The smallest absolute Gasteiger partial charge is 0.247 e. The minimum absolute atomic E-state index is 0. The van der Waals surface area contributed by atoms with Crippen LogP contribution in [0.5, 0.6) is 0 Å². The fourth-order valence-corrected chi connectivity index (χ4v) is 0.160. The molecule has 1 amide bonds. The van der Waals surface area contributed by atoms with Crippen LogP contribution in [-0.2, 0) is 4.79 Å². The van der Waals surface area contributed by atoms with E-state index in [9.17, 15) is 4.79 Å². The number of amides is 1. The van der Waals surface area contributed by atoms with E-state index in [0.717, 1.165) is 0 Å². The molecule has 0 aliphatic heterocycles. The van der Waals surface area contributed by atoms with Crippen molar-refractivity contribution in [2.45, 2.75) is 0 Å². The van der Waals surface area contributed by atoms with Crippen molar-refractivity contribution in [3.63, 3.8) is 0 Å². The van der Waals surface area contributed by atoms with Crippen molar-refractivity contribution in [3.8, 4) is 0 Å². The van der Waals surface area contributed by atoms with Crippen LogP contribution in [0.1, 0.15) is 0 Å². The van der Waals surface area contributed by atoms with E-state index in [-0.39, 0.29) is 18.3 Å². The minimum Gasteiger partial charge on any atom is -0.330 e. The lowest BCUT2D eigenvalue weighted by Crippen LogP contribution is -2.11. The van der Waals surface area contributed by atoms with Crippen molar-refractivity contribution in [2.24, 2.45) is 0 Å². The summed E-state index contributed by atoms with van der Waals surface area (Å²) in [6.07, 6.45) is 2.49. The Hall–Kier alpha value is -0.760. The van der Waals surface area contributed by atoms with Crippen LogP contribution in [-0.4, -0.2) is 5.91 Å². The third-order valence-electron chi connectivity index (χ3n) is 0.430. The normalized spacial score (nSPS) is 6.00. The zero-order valence-corrected chi connectivity index (χ0v) is 5.20. The molecule has 0 saturated carbocycles. The van der Waals surface area contributed by atoms with Crippen LogP contribution in [0.25, 0.3) is 0 Å². The van der Waals surface area contributed by atoms with Crippen LogP contribution in [0, 0.1) is 0 Å². The van der Waals surface area contributed by atoms with Gasteiger partial charge in [0.25, 0.3) is 0 Å². The first-order valence-corrected chi connectivity index (χ1v) is 1.85. The van der Waals surface area contributed by atoms with E-state index in [0.29, 0.717) is 0 Å². The van der Waals surface area contributed by atoms with Gasteiger partial charge in [-0.25, -0.2) is 0 Å². The first kappa shape index (κ1) is 10.3. The van der Waals surface area contributed by atoms with Crippen LogP contribution < -0.4 is 5.32 Å². The molecule has 0 aromatic carbocycles. The summed E-state index contributed by atoms with van der Waals surface area (Å²) >= 11 is 0. The zero-order valence-electron chi connectivity index (χ0n) is 4.39. The number of nitrogens with one attached hydrogen (secondary N) is 1. The van der Waals surface area contributed by atoms with Crippen LogP contribution in [0.15, 0.2) is 25.4 Å². The third-order valence-corrected chi connectivity index (χ3v) is 0.430. The molecule has 0 spiro atoms. The van der Waals surface area contributed by atoms with Crippen molar-refractivity contribution in [3.05, 3.63) is 25.4 Å². The Kier molecular flexibility index (Phi) is 8.01. The largest absolute Gasteiger partial charge is 0.330 e. The van der Waals surface area contributed by atoms with Crippen LogP contribution in [0.3, 0.4) is 0 Å². The van der Waals surface area contributed by atoms with Crippen LogP contribution in [0.2, 0.25) is 0 Å². The summed E-state index contributed by atoms with van der Waals surface area (Å²) in [4.78, 5) is 10.1. The standard InChI is InChI=1S/C5H7NO.ClH/c1-3-5(7)6-4-2;/h3-4H,1-2H2,(H,6,7);1H. The molecule has 0 atom stereocenters. The highest BCUT2D eigenvalue weighted by Gasteiger charge is 1.81. The number of carbonyl (C=O) groups excluding carboxylic acids is 1. The lowest BCUT2D eigenvalue weighted by Gasteiger charge is -1.85. The average Bonchev–Trinajstić information content (AvgIpc) is 1.68. The zero-order chi connectivity index (χ0) is 5.70. The van der Waals surface area contributed by atoms with Crippen molar-refractivity contribution in [1.29, 1.82) is 0 Å². The Morgan fingerprint density at radius 2 is 2.00 bits per heavy atom. The van der Waals surface area contributed by atoms with E-state index in [1.165, 1.54) is 12.3 Å². The number of halogens is 1. The summed E-state index contributed by atoms with van der Waals surface area (Å²) in [7, 11) is 0. The molecule has 0 aromatic rings. The van der Waals surface area contributed by atoms with Gasteiger partial charge in [-0.15, -0.1) is 12.4 Å². The van der Waals surface area contributed by atoms with Crippen molar-refractivity contribution in [1.82, 2.24) is 5.32 Å². The predicted molar refractivity (Wildman–Crippen MR) is 35.8 cm³/mol. The molecule has 0 aromatic heterocycles. The molecule has 0 saturated heterocycles. The highest BCUT2D eigenvalue weighted by molar-refractivity contribution is 5.87. The molecule has 2 nitrogen and oxygen atoms in total. The van der Waals surface area contributed by atoms with Crippen molar-refractivity contribution in [2.75, 3.05) is 0 Å². The summed E-state index contributed by atoms with van der Waals surface area (Å²) in [5.41, 5.74) is 0. The number of rotatable bonds is 2. The molecule has 8 heavy (non-hydrogen) atoms. The van der Waals surface area contributed by atoms with Gasteiger partial charge in [-0.2, -0.15) is 0 Å². The maximum Gasteiger partial charge on any atom is 0.247 e. The average molecular weight is 134 g/mol. The van der Waals surface area contributed by atoms with Gasteiger partial charge >= 0.3 is 0 Å². The summed E-state index contributed by atoms with van der Waals surface area (Å²) in [5, 5.41) is 2.30. The second kappa shape index (κ2) is 6.24. The summed E-state index contributed by atoms with van der Waals surface area (Å²) in [6, 6.07) is 0. The maximum atomic E-state index is 10.1.